The molecule has 0 radical (unpaired) electrons. The van der Waals surface area contributed by atoms with Gasteiger partial charge in [0.05, 0.1) is 10.6 Å². The van der Waals surface area contributed by atoms with E-state index < -0.39 is 40.6 Å². The minimum absolute atomic E-state index is 0.0299. The lowest BCUT2D eigenvalue weighted by Crippen LogP contribution is -2.50. The van der Waals surface area contributed by atoms with Gasteiger partial charge in [-0.3, -0.25) is 9.59 Å². The van der Waals surface area contributed by atoms with E-state index in [2.05, 4.69) is 30.5 Å². The Morgan fingerprint density at radius 3 is 2.51 bits per heavy atom. The van der Waals surface area contributed by atoms with Gasteiger partial charge in [-0.2, -0.15) is 4.72 Å². The van der Waals surface area contributed by atoms with Crippen molar-refractivity contribution in [2.75, 3.05) is 18.4 Å². The summed E-state index contributed by atoms with van der Waals surface area (Å²) in [4.78, 5) is 36.8. The van der Waals surface area contributed by atoms with Crippen LogP contribution < -0.4 is 15.4 Å². The largest absolute Gasteiger partial charge is 0.480 e. The van der Waals surface area contributed by atoms with Crippen LogP contribution in [0.4, 0.5) is 5.95 Å². The van der Waals surface area contributed by atoms with E-state index in [9.17, 15) is 23.1 Å². The van der Waals surface area contributed by atoms with Crippen molar-refractivity contribution in [1.29, 1.82) is 0 Å². The highest BCUT2D eigenvalue weighted by Crippen LogP contribution is 2.22. The van der Waals surface area contributed by atoms with E-state index in [-0.39, 0.29) is 4.90 Å². The Labute approximate surface area is 216 Å². The first kappa shape index (κ1) is 28.1. The molecule has 0 saturated carbocycles. The molecule has 0 fully saturated rings. The fraction of sp³-hybridized carbons (Fsp3) is 0.500. The Morgan fingerprint density at radius 1 is 1.19 bits per heavy atom. The van der Waals surface area contributed by atoms with Gasteiger partial charge in [0.15, 0.2) is 5.95 Å². The van der Waals surface area contributed by atoms with Crippen LogP contribution >= 0.6 is 0 Å². The molecular formula is C24H34N6O6S. The number of rotatable bonds is 13. The number of H-pyrrole nitrogens is 1. The van der Waals surface area contributed by atoms with Crippen LogP contribution in [-0.4, -0.2) is 66.3 Å². The molecule has 0 aliphatic carbocycles. The molecule has 0 saturated heterocycles. The first-order valence-corrected chi connectivity index (χ1v) is 13.5. The lowest BCUT2D eigenvalue weighted by atomic mass is 10.1. The Bertz CT molecular complexity index is 1250. The second-order valence-corrected chi connectivity index (χ2v) is 10.9. The van der Waals surface area contributed by atoms with Gasteiger partial charge < -0.3 is 25.6 Å². The highest BCUT2D eigenvalue weighted by Gasteiger charge is 2.31. The maximum Gasteiger partial charge on any atom is 0.323 e. The number of hydrogen-bond donors (Lipinski definition) is 5. The van der Waals surface area contributed by atoms with Gasteiger partial charge in [0.25, 0.3) is 5.91 Å². The Morgan fingerprint density at radius 2 is 1.89 bits per heavy atom. The number of imidazole rings is 1. The van der Waals surface area contributed by atoms with Crippen molar-refractivity contribution in [3.63, 3.8) is 0 Å². The van der Waals surface area contributed by atoms with Crippen LogP contribution in [0.15, 0.2) is 28.4 Å². The Hall–Kier alpha value is -3.45. The van der Waals surface area contributed by atoms with Gasteiger partial charge in [-0.25, -0.2) is 13.4 Å². The minimum atomic E-state index is -4.14. The van der Waals surface area contributed by atoms with Gasteiger partial charge >= 0.3 is 5.97 Å². The number of anilines is 1. The number of amides is 1. The Kier molecular flexibility index (Phi) is 9.27. The third-order valence-corrected chi connectivity index (χ3v) is 7.64. The van der Waals surface area contributed by atoms with Crippen LogP contribution in [0.3, 0.4) is 0 Å². The number of aromatic nitrogens is 2. The second-order valence-electron chi connectivity index (χ2n) is 9.24. The van der Waals surface area contributed by atoms with E-state index in [1.54, 1.807) is 32.2 Å². The van der Waals surface area contributed by atoms with Crippen molar-refractivity contribution >= 4 is 33.6 Å². The number of oxime groups is 1. The normalized spacial score (nSPS) is 16.1. The number of carbonyl (C=O) groups is 2. The topological polar surface area (TPSA) is 175 Å². The number of nitrogens with zero attached hydrogens (tertiary/aromatic N) is 2. The monoisotopic (exact) mass is 534 g/mol. The third kappa shape index (κ3) is 7.76. The van der Waals surface area contributed by atoms with Gasteiger partial charge in [-0.05, 0) is 58.1 Å². The number of nitrogens with one attached hydrogen (secondary N) is 4. The maximum absolute atomic E-state index is 12.9. The van der Waals surface area contributed by atoms with Gasteiger partial charge in [0, 0.05) is 31.4 Å². The average molecular weight is 535 g/mol. The molecule has 1 aromatic heterocycles. The zero-order chi connectivity index (χ0) is 27.2. The lowest BCUT2D eigenvalue weighted by molar-refractivity contribution is -0.139. The van der Waals surface area contributed by atoms with Crippen molar-refractivity contribution in [3.05, 3.63) is 40.7 Å². The van der Waals surface area contributed by atoms with Crippen molar-refractivity contribution in [2.45, 2.75) is 70.4 Å². The third-order valence-electron chi connectivity index (χ3n) is 5.86. The van der Waals surface area contributed by atoms with E-state index in [0.29, 0.717) is 24.0 Å². The number of aromatic amines is 1. The number of carbonyl (C=O) groups excluding carboxylic acids is 1. The zero-order valence-corrected chi connectivity index (χ0v) is 22.2. The van der Waals surface area contributed by atoms with Gasteiger partial charge in [0.1, 0.15) is 6.04 Å². The average Bonchev–Trinajstić information content (AvgIpc) is 3.44. The number of aryl methyl sites for hydroxylation is 4. The number of sulfonamides is 1. The maximum atomic E-state index is 12.9. The Balaban J connectivity index is 1.44. The second kappa shape index (κ2) is 12.2. The lowest BCUT2D eigenvalue weighted by Gasteiger charge is -2.19. The number of unbranched alkanes of at least 4 members (excludes halogenated alkanes) is 1. The van der Waals surface area contributed by atoms with Crippen molar-refractivity contribution in [2.24, 2.45) is 5.16 Å². The quantitative estimate of drug-likeness (QED) is 0.242. The summed E-state index contributed by atoms with van der Waals surface area (Å²) in [5.41, 5.74) is 3.64. The molecule has 0 bridgehead atoms. The van der Waals surface area contributed by atoms with Crippen LogP contribution in [0.1, 0.15) is 48.1 Å². The zero-order valence-electron chi connectivity index (χ0n) is 21.4. The summed E-state index contributed by atoms with van der Waals surface area (Å²) in [6.45, 7) is 7.37. The summed E-state index contributed by atoms with van der Waals surface area (Å²) in [5.74, 6) is -1.24. The molecule has 0 spiro atoms. The molecule has 2 aromatic rings. The molecule has 2 unspecified atom stereocenters. The molecule has 2 atom stereocenters. The van der Waals surface area contributed by atoms with Crippen LogP contribution in [0.25, 0.3) is 0 Å². The van der Waals surface area contributed by atoms with E-state index in [1.807, 2.05) is 13.8 Å². The van der Waals surface area contributed by atoms with Crippen LogP contribution in [0, 0.1) is 27.7 Å². The van der Waals surface area contributed by atoms with E-state index in [1.165, 1.54) is 0 Å². The first-order chi connectivity index (χ1) is 17.5. The van der Waals surface area contributed by atoms with E-state index >= 15 is 0 Å². The molecule has 13 heteroatoms. The highest BCUT2D eigenvalue weighted by atomic mass is 32.2. The predicted octanol–water partition coefficient (Wildman–Crippen LogP) is 1.92. The van der Waals surface area contributed by atoms with Crippen molar-refractivity contribution in [1.82, 2.24) is 20.0 Å². The summed E-state index contributed by atoms with van der Waals surface area (Å²) < 4.78 is 28.1. The van der Waals surface area contributed by atoms with Crippen LogP contribution in [-0.2, 0) is 24.4 Å². The van der Waals surface area contributed by atoms with E-state index in [0.717, 1.165) is 42.3 Å². The number of carboxylic acid groups (broad SMARTS) is 1. The molecule has 37 heavy (non-hydrogen) atoms. The molecule has 1 aromatic carbocycles. The summed E-state index contributed by atoms with van der Waals surface area (Å²) >= 11 is 0. The molecule has 202 valence electrons. The van der Waals surface area contributed by atoms with Gasteiger partial charge in [-0.15, -0.1) is 0 Å². The standard InChI is InChI=1S/C24H34N6O6S/c1-14-9-15(2)21(16(3)10-14)37(34,35)30-19(23(32)33)13-26-22(31)20-11-18(29-36-20)7-5-6-8-25-24-27-12-17(4)28-24/h9-10,12,19-20,30H,5-8,11,13H2,1-4H3,(H,26,31)(H,32,33)(H2,25,27,28). The molecule has 5 N–H and O–H groups in total. The smallest absolute Gasteiger partial charge is 0.323 e. The molecule has 1 amide bonds. The van der Waals surface area contributed by atoms with Crippen LogP contribution in [0.2, 0.25) is 0 Å². The van der Waals surface area contributed by atoms with Gasteiger partial charge in [-0.1, -0.05) is 22.9 Å². The molecule has 1 aliphatic rings. The summed E-state index contributed by atoms with van der Waals surface area (Å²) in [7, 11) is -4.14. The van der Waals surface area contributed by atoms with E-state index in [4.69, 9.17) is 4.84 Å². The summed E-state index contributed by atoms with van der Waals surface area (Å²) in [6, 6.07) is 1.87. The van der Waals surface area contributed by atoms with Crippen LogP contribution in [0.5, 0.6) is 0 Å². The number of aliphatic carboxylic acids is 1. The molecule has 2 heterocycles. The minimum Gasteiger partial charge on any atom is -0.480 e. The highest BCUT2D eigenvalue weighted by molar-refractivity contribution is 7.89. The number of benzene rings is 1. The first-order valence-electron chi connectivity index (χ1n) is 12.0. The van der Waals surface area contributed by atoms with Crippen molar-refractivity contribution in [3.8, 4) is 0 Å². The predicted molar refractivity (Wildman–Crippen MR) is 138 cm³/mol. The molecular weight excluding hydrogens is 500 g/mol. The molecule has 3 rings (SSSR count). The van der Waals surface area contributed by atoms with Gasteiger partial charge in [0.2, 0.25) is 16.1 Å². The molecule has 1 aliphatic heterocycles. The molecule has 12 nitrogen and oxygen atoms in total. The number of carboxylic acids is 1. The SMILES string of the molecule is Cc1cc(C)c(S(=O)(=O)NC(CNC(=O)C2CC(CCCCNc3ncc(C)[nH]3)=NO2)C(=O)O)c(C)c1. The van der Waals surface area contributed by atoms with Crippen molar-refractivity contribution < 1.29 is 28.0 Å². The fourth-order valence-corrected chi connectivity index (χ4v) is 5.85. The number of hydrogen-bond acceptors (Lipinski definition) is 8. The fourth-order valence-electron chi connectivity index (χ4n) is 4.21. The summed E-state index contributed by atoms with van der Waals surface area (Å²) in [5, 5.41) is 19.2. The summed E-state index contributed by atoms with van der Waals surface area (Å²) in [6.07, 6.45) is 3.53.